The molecule has 0 aromatic heterocycles. The quantitative estimate of drug-likeness (QED) is 0.229. The van der Waals surface area contributed by atoms with E-state index >= 15 is 0 Å². The van der Waals surface area contributed by atoms with Crippen molar-refractivity contribution in [3.63, 3.8) is 0 Å². The third-order valence-electron chi connectivity index (χ3n) is 7.58. The number of carbonyl (C=O) groups excluding carboxylic acids is 2. The molecule has 3 aromatic rings. The van der Waals surface area contributed by atoms with Gasteiger partial charge in [-0.15, -0.1) is 0 Å². The van der Waals surface area contributed by atoms with E-state index in [0.29, 0.717) is 18.6 Å². The summed E-state index contributed by atoms with van der Waals surface area (Å²) in [6.45, 7) is 5.66. The van der Waals surface area contributed by atoms with Crippen LogP contribution in [-0.4, -0.2) is 69.3 Å². The normalized spacial score (nSPS) is 17.3. The molecule has 0 heterocycles. The Hall–Kier alpha value is -3.92. The van der Waals surface area contributed by atoms with Crippen molar-refractivity contribution >= 4 is 12.0 Å². The molecule has 0 bridgehead atoms. The largest absolute Gasteiger partial charge is 0.491 e. The number of ether oxygens (including phenoxy) is 2. The first-order chi connectivity index (χ1) is 21.0. The maximum Gasteiger partial charge on any atom is 0.407 e. The third-order valence-corrected chi connectivity index (χ3v) is 7.58. The highest BCUT2D eigenvalue weighted by atomic mass is 16.6. The Morgan fingerprint density at radius 2 is 1.66 bits per heavy atom. The number of hydrogen-bond acceptors (Lipinski definition) is 7. The third kappa shape index (κ3) is 9.29. The predicted octanol–water partition coefficient (Wildman–Crippen LogP) is 4.32. The highest BCUT2D eigenvalue weighted by molar-refractivity contribution is 5.77. The number of alkyl carbamates (subject to hydrolysis) is 1. The standard InChI is InChI=1S/C35H44N2O7/c1-35(2,3)44-34(42)36-29(21-24-9-5-4-6-10-24)30(39)17-18-32(41)37(23-25-13-15-27(16-14-25)43-20-19-38)33-28-12-8-7-11-26(28)22-31(33)40/h4-16,29-31,33,38-40H,17-23H2,1-3H3,(H,36,42)/t29-,30-,31+,33-/m0/s1. The fraction of sp³-hybridized carbons (Fsp3) is 0.429. The molecule has 9 heteroatoms. The van der Waals surface area contributed by atoms with Crippen LogP contribution in [-0.2, 0) is 28.9 Å². The lowest BCUT2D eigenvalue weighted by Gasteiger charge is -2.33. The second-order valence-corrected chi connectivity index (χ2v) is 12.2. The lowest BCUT2D eigenvalue weighted by atomic mass is 9.97. The summed E-state index contributed by atoms with van der Waals surface area (Å²) in [7, 11) is 0. The highest BCUT2D eigenvalue weighted by Gasteiger charge is 2.38. The molecule has 0 unspecified atom stereocenters. The average Bonchev–Trinajstić information content (AvgIpc) is 3.32. The van der Waals surface area contributed by atoms with Gasteiger partial charge in [0.25, 0.3) is 0 Å². The lowest BCUT2D eigenvalue weighted by molar-refractivity contribution is -0.137. The van der Waals surface area contributed by atoms with E-state index in [0.717, 1.165) is 22.3 Å². The van der Waals surface area contributed by atoms with Crippen LogP contribution in [0, 0.1) is 0 Å². The summed E-state index contributed by atoms with van der Waals surface area (Å²) in [6, 6.07) is 23.3. The molecule has 4 atom stereocenters. The van der Waals surface area contributed by atoms with Crippen LogP contribution in [0.15, 0.2) is 78.9 Å². The minimum Gasteiger partial charge on any atom is -0.491 e. The first-order valence-electron chi connectivity index (χ1n) is 15.1. The summed E-state index contributed by atoms with van der Waals surface area (Å²) in [5.74, 6) is 0.387. The Morgan fingerprint density at radius 1 is 0.977 bits per heavy atom. The van der Waals surface area contributed by atoms with Gasteiger partial charge in [-0.25, -0.2) is 4.79 Å². The minimum atomic E-state index is -1.03. The predicted molar refractivity (Wildman–Crippen MR) is 167 cm³/mol. The van der Waals surface area contributed by atoms with Crippen molar-refractivity contribution in [1.82, 2.24) is 10.2 Å². The first-order valence-corrected chi connectivity index (χ1v) is 15.1. The van der Waals surface area contributed by atoms with E-state index in [1.165, 1.54) is 0 Å². The van der Waals surface area contributed by atoms with E-state index in [1.54, 1.807) is 37.8 Å². The summed E-state index contributed by atoms with van der Waals surface area (Å²) in [5, 5.41) is 34.3. The molecule has 0 aliphatic heterocycles. The van der Waals surface area contributed by atoms with Gasteiger partial charge in [-0.05, 0) is 68.0 Å². The van der Waals surface area contributed by atoms with Gasteiger partial charge in [0.2, 0.25) is 5.91 Å². The van der Waals surface area contributed by atoms with Gasteiger partial charge >= 0.3 is 6.09 Å². The van der Waals surface area contributed by atoms with Crippen molar-refractivity contribution in [3.8, 4) is 5.75 Å². The van der Waals surface area contributed by atoms with Crippen LogP contribution in [0.4, 0.5) is 4.79 Å². The molecule has 0 spiro atoms. The van der Waals surface area contributed by atoms with Crippen LogP contribution >= 0.6 is 0 Å². The highest BCUT2D eigenvalue weighted by Crippen LogP contribution is 2.37. The molecule has 44 heavy (non-hydrogen) atoms. The molecule has 236 valence electrons. The average molecular weight is 605 g/mol. The molecule has 9 nitrogen and oxygen atoms in total. The second kappa shape index (κ2) is 15.2. The van der Waals surface area contributed by atoms with E-state index in [4.69, 9.17) is 14.6 Å². The summed E-state index contributed by atoms with van der Waals surface area (Å²) in [4.78, 5) is 28.3. The zero-order chi connectivity index (χ0) is 31.7. The number of rotatable bonds is 13. The molecule has 2 amide bonds. The van der Waals surface area contributed by atoms with Crippen LogP contribution in [0.25, 0.3) is 0 Å². The van der Waals surface area contributed by atoms with Crippen molar-refractivity contribution in [3.05, 3.63) is 101 Å². The van der Waals surface area contributed by atoms with E-state index in [2.05, 4.69) is 5.32 Å². The maximum absolute atomic E-state index is 13.9. The minimum absolute atomic E-state index is 0.00549. The number of nitrogens with one attached hydrogen (secondary N) is 1. The fourth-order valence-corrected chi connectivity index (χ4v) is 5.55. The molecule has 0 radical (unpaired) electrons. The lowest BCUT2D eigenvalue weighted by Crippen LogP contribution is -2.47. The first kappa shape index (κ1) is 33.0. The van der Waals surface area contributed by atoms with Crippen molar-refractivity contribution in [2.24, 2.45) is 0 Å². The number of carbonyl (C=O) groups is 2. The van der Waals surface area contributed by atoms with Gasteiger partial charge in [0.05, 0.1) is 30.9 Å². The van der Waals surface area contributed by atoms with Gasteiger partial charge in [-0.2, -0.15) is 0 Å². The van der Waals surface area contributed by atoms with Crippen molar-refractivity contribution in [2.75, 3.05) is 13.2 Å². The van der Waals surface area contributed by atoms with Crippen molar-refractivity contribution < 1.29 is 34.4 Å². The van der Waals surface area contributed by atoms with Gasteiger partial charge in [0.15, 0.2) is 0 Å². The SMILES string of the molecule is CC(C)(C)OC(=O)N[C@@H](Cc1ccccc1)[C@@H](O)CCC(=O)N(Cc1ccc(OCCO)cc1)[C@H]1c2ccccc2C[C@H]1O. The van der Waals surface area contributed by atoms with Crippen molar-refractivity contribution in [2.45, 2.75) is 82.9 Å². The van der Waals surface area contributed by atoms with Gasteiger partial charge < -0.3 is 35.0 Å². The smallest absolute Gasteiger partial charge is 0.407 e. The number of benzene rings is 3. The number of amides is 2. The van der Waals surface area contributed by atoms with Gasteiger partial charge in [0.1, 0.15) is 18.0 Å². The molecule has 1 aliphatic rings. The number of nitrogens with zero attached hydrogens (tertiary/aromatic N) is 1. The van der Waals surface area contributed by atoms with Gasteiger partial charge in [-0.1, -0.05) is 66.7 Å². The molecular formula is C35H44N2O7. The van der Waals surface area contributed by atoms with Crippen molar-refractivity contribution in [1.29, 1.82) is 0 Å². The fourth-order valence-electron chi connectivity index (χ4n) is 5.55. The maximum atomic E-state index is 13.9. The van der Waals surface area contributed by atoms with Crippen LogP contribution in [0.2, 0.25) is 0 Å². The monoisotopic (exact) mass is 604 g/mol. The molecule has 3 aromatic carbocycles. The summed E-state index contributed by atoms with van der Waals surface area (Å²) >= 11 is 0. The second-order valence-electron chi connectivity index (χ2n) is 12.2. The molecule has 0 fully saturated rings. The number of aliphatic hydroxyl groups excluding tert-OH is 3. The zero-order valence-corrected chi connectivity index (χ0v) is 25.7. The van der Waals surface area contributed by atoms with Crippen LogP contribution in [0.3, 0.4) is 0 Å². The van der Waals surface area contributed by atoms with Crippen LogP contribution in [0.1, 0.15) is 61.9 Å². The van der Waals surface area contributed by atoms with E-state index < -0.39 is 36.0 Å². The topological polar surface area (TPSA) is 129 Å². The van der Waals surface area contributed by atoms with E-state index in [1.807, 2.05) is 66.7 Å². The Kier molecular flexibility index (Phi) is 11.4. The van der Waals surface area contributed by atoms with E-state index in [9.17, 15) is 19.8 Å². The number of fused-ring (bicyclic) bond motifs is 1. The summed E-state index contributed by atoms with van der Waals surface area (Å²) < 4.78 is 10.9. The molecule has 0 saturated heterocycles. The van der Waals surface area contributed by atoms with Crippen LogP contribution < -0.4 is 10.1 Å². The number of hydrogen-bond donors (Lipinski definition) is 4. The Labute approximate surface area is 259 Å². The van der Waals surface area contributed by atoms with Gasteiger partial charge in [0, 0.05) is 19.4 Å². The summed E-state index contributed by atoms with van der Waals surface area (Å²) in [5.41, 5.74) is 2.98. The zero-order valence-electron chi connectivity index (χ0n) is 25.7. The Morgan fingerprint density at radius 3 is 2.34 bits per heavy atom. The molecular weight excluding hydrogens is 560 g/mol. The van der Waals surface area contributed by atoms with Crippen LogP contribution in [0.5, 0.6) is 5.75 Å². The van der Waals surface area contributed by atoms with Gasteiger partial charge in [-0.3, -0.25) is 4.79 Å². The Balaban J connectivity index is 1.51. The number of aliphatic hydroxyl groups is 3. The molecule has 0 saturated carbocycles. The molecule has 4 N–H and O–H groups in total. The van der Waals surface area contributed by atoms with E-state index in [-0.39, 0.29) is 38.5 Å². The summed E-state index contributed by atoms with van der Waals surface area (Å²) in [6.07, 6.45) is -1.53. The molecule has 1 aliphatic carbocycles. The Bertz CT molecular complexity index is 1360. The molecule has 4 rings (SSSR count).